The van der Waals surface area contributed by atoms with Crippen LogP contribution < -0.4 is 0 Å². The van der Waals surface area contributed by atoms with Crippen molar-refractivity contribution in [3.8, 4) is 0 Å². The summed E-state index contributed by atoms with van der Waals surface area (Å²) in [5.41, 5.74) is 3.46. The highest BCUT2D eigenvalue weighted by atomic mass is 16.2. The zero-order valence-corrected chi connectivity index (χ0v) is 15.3. The van der Waals surface area contributed by atoms with Crippen LogP contribution >= 0.6 is 0 Å². The number of benzene rings is 1. The lowest BCUT2D eigenvalue weighted by Gasteiger charge is -2.24. The number of aryl methyl sites for hydroxylation is 2. The van der Waals surface area contributed by atoms with E-state index >= 15 is 0 Å². The Labute approximate surface area is 150 Å². The molecule has 25 heavy (non-hydrogen) atoms. The molecule has 0 unspecified atom stereocenters. The Morgan fingerprint density at radius 3 is 2.44 bits per heavy atom. The van der Waals surface area contributed by atoms with Crippen molar-refractivity contribution in [3.63, 3.8) is 0 Å². The van der Waals surface area contributed by atoms with Crippen LogP contribution in [0.25, 0.3) is 0 Å². The molecule has 3 rings (SSSR count). The van der Waals surface area contributed by atoms with Crippen molar-refractivity contribution in [2.45, 2.75) is 39.5 Å². The van der Waals surface area contributed by atoms with Gasteiger partial charge in [-0.25, -0.2) is 0 Å². The number of carbonyl (C=O) groups excluding carboxylic acids is 2. The van der Waals surface area contributed by atoms with Gasteiger partial charge in [0.05, 0.1) is 6.42 Å². The van der Waals surface area contributed by atoms with Crippen LogP contribution in [0.4, 0.5) is 0 Å². The van der Waals surface area contributed by atoms with Crippen LogP contribution in [0, 0.1) is 19.8 Å². The van der Waals surface area contributed by atoms with Crippen LogP contribution in [-0.2, 0) is 16.0 Å². The van der Waals surface area contributed by atoms with Gasteiger partial charge in [-0.1, -0.05) is 35.9 Å². The quantitative estimate of drug-likeness (QED) is 0.794. The zero-order chi connectivity index (χ0) is 17.8. The van der Waals surface area contributed by atoms with E-state index in [-0.39, 0.29) is 17.7 Å². The number of allylic oxidation sites excluding steroid dienone is 2. The van der Waals surface area contributed by atoms with Gasteiger partial charge >= 0.3 is 0 Å². The summed E-state index contributed by atoms with van der Waals surface area (Å²) in [4.78, 5) is 29.2. The van der Waals surface area contributed by atoms with E-state index < -0.39 is 0 Å². The second-order valence-electron chi connectivity index (χ2n) is 7.31. The third-order valence-corrected chi connectivity index (χ3v) is 5.36. The van der Waals surface area contributed by atoms with Crippen molar-refractivity contribution in [1.82, 2.24) is 9.80 Å². The van der Waals surface area contributed by atoms with Gasteiger partial charge in [-0.15, -0.1) is 0 Å². The minimum atomic E-state index is 0.122. The highest BCUT2D eigenvalue weighted by Crippen LogP contribution is 2.21. The number of nitrogens with zero attached hydrogens (tertiary/aromatic N) is 2. The maximum atomic E-state index is 12.7. The lowest BCUT2D eigenvalue weighted by molar-refractivity contribution is -0.136. The lowest BCUT2D eigenvalue weighted by atomic mass is 10.0. The molecule has 0 atom stereocenters. The molecule has 4 nitrogen and oxygen atoms in total. The van der Waals surface area contributed by atoms with E-state index in [1.54, 1.807) is 0 Å². The van der Waals surface area contributed by atoms with Crippen molar-refractivity contribution in [1.29, 1.82) is 0 Å². The summed E-state index contributed by atoms with van der Waals surface area (Å²) in [6.45, 7) is 6.93. The molecule has 2 aliphatic rings. The summed E-state index contributed by atoms with van der Waals surface area (Å²) in [6.07, 6.45) is 7.24. The fourth-order valence-electron chi connectivity index (χ4n) is 3.73. The minimum Gasteiger partial charge on any atom is -0.341 e. The molecule has 0 radical (unpaired) electrons. The maximum Gasteiger partial charge on any atom is 0.227 e. The molecule has 1 aromatic carbocycles. The van der Waals surface area contributed by atoms with Crippen LogP contribution in [0.3, 0.4) is 0 Å². The Kier molecular flexibility index (Phi) is 5.57. The Hall–Kier alpha value is -2.10. The van der Waals surface area contributed by atoms with Crippen LogP contribution in [0.15, 0.2) is 30.4 Å². The summed E-state index contributed by atoms with van der Waals surface area (Å²) in [5, 5.41) is 0. The number of amides is 2. The number of hydrogen-bond acceptors (Lipinski definition) is 2. The van der Waals surface area contributed by atoms with Crippen molar-refractivity contribution >= 4 is 11.8 Å². The molecule has 4 heteroatoms. The van der Waals surface area contributed by atoms with E-state index in [9.17, 15) is 9.59 Å². The molecule has 0 aromatic heterocycles. The standard InChI is InChI=1S/C21H28N2O2/c1-16-8-9-17(2)19(14-16)15-20(24)22-10-5-11-23(13-12-22)21(25)18-6-3-4-7-18/h3-4,8-9,14,18H,5-7,10-13,15H2,1-2H3. The fraction of sp³-hybridized carbons (Fsp3) is 0.524. The third kappa shape index (κ3) is 4.30. The predicted molar refractivity (Wildman–Crippen MR) is 99.3 cm³/mol. The first-order valence-electron chi connectivity index (χ1n) is 9.32. The van der Waals surface area contributed by atoms with Crippen LogP contribution in [0.1, 0.15) is 36.0 Å². The summed E-state index contributed by atoms with van der Waals surface area (Å²) in [5.74, 6) is 0.552. The molecule has 1 aliphatic heterocycles. The first-order chi connectivity index (χ1) is 12.0. The van der Waals surface area contributed by atoms with E-state index in [2.05, 4.69) is 44.2 Å². The van der Waals surface area contributed by atoms with E-state index in [4.69, 9.17) is 0 Å². The van der Waals surface area contributed by atoms with Crippen molar-refractivity contribution in [2.75, 3.05) is 26.2 Å². The Bertz CT molecular complexity index is 672. The highest BCUT2D eigenvalue weighted by molar-refractivity contribution is 5.81. The van der Waals surface area contributed by atoms with Crippen molar-refractivity contribution in [2.24, 2.45) is 5.92 Å². The second kappa shape index (κ2) is 7.85. The average molecular weight is 340 g/mol. The van der Waals surface area contributed by atoms with Gasteiger partial charge in [-0.3, -0.25) is 9.59 Å². The summed E-state index contributed by atoms with van der Waals surface area (Å²) >= 11 is 0. The van der Waals surface area contributed by atoms with Crippen LogP contribution in [-0.4, -0.2) is 47.8 Å². The van der Waals surface area contributed by atoms with Crippen LogP contribution in [0.5, 0.6) is 0 Å². The van der Waals surface area contributed by atoms with Gasteiger partial charge in [-0.05, 0) is 44.2 Å². The first-order valence-corrected chi connectivity index (χ1v) is 9.32. The van der Waals surface area contributed by atoms with Crippen molar-refractivity contribution in [3.05, 3.63) is 47.0 Å². The highest BCUT2D eigenvalue weighted by Gasteiger charge is 2.27. The van der Waals surface area contributed by atoms with E-state index in [0.29, 0.717) is 19.5 Å². The Morgan fingerprint density at radius 2 is 1.68 bits per heavy atom. The molecule has 2 amide bonds. The number of hydrogen-bond donors (Lipinski definition) is 0. The normalized spacial score (nSPS) is 18.5. The fourth-order valence-corrected chi connectivity index (χ4v) is 3.73. The summed E-state index contributed by atoms with van der Waals surface area (Å²) in [6, 6.07) is 6.26. The third-order valence-electron chi connectivity index (χ3n) is 5.36. The molecule has 0 saturated carbocycles. The van der Waals surface area contributed by atoms with Gasteiger partial charge < -0.3 is 9.80 Å². The zero-order valence-electron chi connectivity index (χ0n) is 15.3. The molecular formula is C21H28N2O2. The van der Waals surface area contributed by atoms with E-state index in [1.807, 2.05) is 9.80 Å². The van der Waals surface area contributed by atoms with Gasteiger partial charge in [0, 0.05) is 32.1 Å². The SMILES string of the molecule is Cc1ccc(C)c(CC(=O)N2CCCN(C(=O)C3CC=CC3)CC2)c1. The molecule has 1 heterocycles. The molecule has 134 valence electrons. The van der Waals surface area contributed by atoms with E-state index in [0.717, 1.165) is 37.9 Å². The Balaban J connectivity index is 1.57. The van der Waals surface area contributed by atoms with Gasteiger partial charge in [0.25, 0.3) is 0 Å². The molecular weight excluding hydrogens is 312 g/mol. The summed E-state index contributed by atoms with van der Waals surface area (Å²) in [7, 11) is 0. The summed E-state index contributed by atoms with van der Waals surface area (Å²) < 4.78 is 0. The lowest BCUT2D eigenvalue weighted by Crippen LogP contribution is -2.40. The van der Waals surface area contributed by atoms with Gasteiger partial charge in [0.15, 0.2) is 0 Å². The van der Waals surface area contributed by atoms with Gasteiger partial charge in [-0.2, -0.15) is 0 Å². The van der Waals surface area contributed by atoms with Gasteiger partial charge in [0.2, 0.25) is 11.8 Å². The largest absolute Gasteiger partial charge is 0.341 e. The van der Waals surface area contributed by atoms with Crippen LogP contribution in [0.2, 0.25) is 0 Å². The molecule has 1 aromatic rings. The molecule has 1 aliphatic carbocycles. The maximum absolute atomic E-state index is 12.7. The topological polar surface area (TPSA) is 40.6 Å². The average Bonchev–Trinajstić information content (AvgIpc) is 3.02. The number of carbonyl (C=O) groups is 2. The molecule has 1 saturated heterocycles. The minimum absolute atomic E-state index is 0.122. The predicted octanol–water partition coefficient (Wildman–Crippen LogP) is 2.87. The monoisotopic (exact) mass is 340 g/mol. The van der Waals surface area contributed by atoms with E-state index in [1.165, 1.54) is 11.1 Å². The second-order valence-corrected chi connectivity index (χ2v) is 7.31. The molecule has 1 fully saturated rings. The molecule has 0 N–H and O–H groups in total. The first kappa shape index (κ1) is 17.7. The van der Waals surface area contributed by atoms with Gasteiger partial charge in [0.1, 0.15) is 0 Å². The Morgan fingerprint density at radius 1 is 1.00 bits per heavy atom. The molecule has 0 bridgehead atoms. The number of rotatable bonds is 3. The van der Waals surface area contributed by atoms with Crippen molar-refractivity contribution < 1.29 is 9.59 Å². The molecule has 0 spiro atoms. The smallest absolute Gasteiger partial charge is 0.227 e.